The van der Waals surface area contributed by atoms with Crippen molar-refractivity contribution in [2.24, 2.45) is 18.4 Å². The van der Waals surface area contributed by atoms with Gasteiger partial charge in [0.05, 0.1) is 12.6 Å². The van der Waals surface area contributed by atoms with E-state index in [-0.39, 0.29) is 5.41 Å². The number of hydrogen-bond acceptors (Lipinski definition) is 4. The van der Waals surface area contributed by atoms with Gasteiger partial charge in [0, 0.05) is 6.42 Å². The van der Waals surface area contributed by atoms with E-state index in [1.165, 1.54) is 11.2 Å². The highest BCUT2D eigenvalue weighted by Gasteiger charge is 2.42. The molecule has 1 N–H and O–H groups in total. The minimum Gasteiger partial charge on any atom is -0.389 e. The van der Waals surface area contributed by atoms with Gasteiger partial charge in [0.2, 0.25) is 0 Å². The van der Waals surface area contributed by atoms with Crippen LogP contribution in [0.25, 0.3) is 0 Å². The van der Waals surface area contributed by atoms with Crippen molar-refractivity contribution in [1.82, 2.24) is 20.2 Å². The summed E-state index contributed by atoms with van der Waals surface area (Å²) in [5, 5.41) is 22.7. The summed E-state index contributed by atoms with van der Waals surface area (Å²) in [6.07, 6.45) is 3.31. The molecule has 1 aromatic rings. The summed E-state index contributed by atoms with van der Waals surface area (Å²) in [5.74, 6) is 1.18. The lowest BCUT2D eigenvalue weighted by Crippen LogP contribution is -2.44. The fourth-order valence-electron chi connectivity index (χ4n) is 3.52. The third-order valence-electron chi connectivity index (χ3n) is 3.47. The van der Waals surface area contributed by atoms with E-state index in [2.05, 4.69) is 36.2 Å². The van der Waals surface area contributed by atoms with Crippen LogP contribution in [0.2, 0.25) is 0 Å². The zero-order valence-corrected chi connectivity index (χ0v) is 11.1. The van der Waals surface area contributed by atoms with Gasteiger partial charge < -0.3 is 5.11 Å². The fraction of sp³-hybridized carbons (Fsp3) is 0.917. The molecule has 0 spiro atoms. The van der Waals surface area contributed by atoms with Crippen LogP contribution in [-0.4, -0.2) is 30.9 Å². The molecule has 1 fully saturated rings. The Hall–Kier alpha value is -0.970. The number of aliphatic hydroxyl groups is 1. The molecule has 1 aliphatic carbocycles. The monoisotopic (exact) mass is 238 g/mol. The van der Waals surface area contributed by atoms with E-state index in [1.54, 1.807) is 7.05 Å². The lowest BCUT2D eigenvalue weighted by molar-refractivity contribution is -0.0586. The molecule has 2 rings (SSSR count). The summed E-state index contributed by atoms with van der Waals surface area (Å²) in [6, 6.07) is 0. The number of nitrogens with zero attached hydrogens (tertiary/aromatic N) is 4. The minimum absolute atomic E-state index is 0.189. The first-order valence-electron chi connectivity index (χ1n) is 6.23. The largest absolute Gasteiger partial charge is 0.389 e. The smallest absolute Gasteiger partial charge is 0.177 e. The second-order valence-corrected chi connectivity index (χ2v) is 6.45. The van der Waals surface area contributed by atoms with Gasteiger partial charge in [-0.05, 0) is 35.8 Å². The molecule has 0 saturated heterocycles. The molecule has 0 radical (unpaired) electrons. The summed E-state index contributed by atoms with van der Waals surface area (Å²) in [7, 11) is 1.74. The van der Waals surface area contributed by atoms with E-state index in [9.17, 15) is 5.11 Å². The van der Waals surface area contributed by atoms with E-state index in [4.69, 9.17) is 0 Å². The van der Waals surface area contributed by atoms with Gasteiger partial charge in [0.15, 0.2) is 5.82 Å². The highest BCUT2D eigenvalue weighted by molar-refractivity contribution is 4.98. The highest BCUT2D eigenvalue weighted by atomic mass is 16.3. The standard InChI is InChI=1S/C12H22N4O/c1-9-5-11(2,3)8-12(17,6-9)7-10-13-15-16(4)14-10/h9,17H,5-8H2,1-4H3. The van der Waals surface area contributed by atoms with Crippen LogP contribution in [0.15, 0.2) is 0 Å². The molecule has 1 heterocycles. The van der Waals surface area contributed by atoms with Crippen LogP contribution in [0.1, 0.15) is 45.9 Å². The predicted molar refractivity (Wildman–Crippen MR) is 64.2 cm³/mol. The molecule has 5 nitrogen and oxygen atoms in total. The van der Waals surface area contributed by atoms with Gasteiger partial charge in [-0.25, -0.2) is 0 Å². The van der Waals surface area contributed by atoms with E-state index >= 15 is 0 Å². The Bertz CT molecular complexity index is 401. The van der Waals surface area contributed by atoms with Gasteiger partial charge in [-0.3, -0.25) is 0 Å². The number of aryl methyl sites for hydroxylation is 1. The molecule has 2 atom stereocenters. The van der Waals surface area contributed by atoms with E-state index in [0.717, 1.165) is 12.8 Å². The van der Waals surface area contributed by atoms with Crippen LogP contribution >= 0.6 is 0 Å². The van der Waals surface area contributed by atoms with Crippen molar-refractivity contribution in [3.05, 3.63) is 5.82 Å². The molecule has 5 heteroatoms. The van der Waals surface area contributed by atoms with E-state index in [0.29, 0.717) is 18.2 Å². The van der Waals surface area contributed by atoms with Gasteiger partial charge in [0.1, 0.15) is 0 Å². The molecular formula is C12H22N4O. The zero-order valence-electron chi connectivity index (χ0n) is 11.1. The maximum Gasteiger partial charge on any atom is 0.177 e. The highest BCUT2D eigenvalue weighted by Crippen LogP contribution is 2.44. The lowest BCUT2D eigenvalue weighted by Gasteiger charge is -2.44. The van der Waals surface area contributed by atoms with Crippen LogP contribution in [0.5, 0.6) is 0 Å². The van der Waals surface area contributed by atoms with Gasteiger partial charge in [-0.1, -0.05) is 20.8 Å². The maximum absolute atomic E-state index is 10.7. The van der Waals surface area contributed by atoms with Gasteiger partial charge in [-0.15, -0.1) is 10.2 Å². The summed E-state index contributed by atoms with van der Waals surface area (Å²) >= 11 is 0. The summed E-state index contributed by atoms with van der Waals surface area (Å²) < 4.78 is 0. The van der Waals surface area contributed by atoms with E-state index in [1.807, 2.05) is 0 Å². The molecule has 0 bridgehead atoms. The molecule has 1 aliphatic rings. The average molecular weight is 238 g/mol. The number of tetrazole rings is 1. The van der Waals surface area contributed by atoms with Crippen LogP contribution in [0.3, 0.4) is 0 Å². The molecule has 17 heavy (non-hydrogen) atoms. The van der Waals surface area contributed by atoms with E-state index < -0.39 is 5.60 Å². The second-order valence-electron chi connectivity index (χ2n) is 6.45. The number of rotatable bonds is 2. The molecular weight excluding hydrogens is 216 g/mol. The SMILES string of the molecule is CC1CC(C)(C)CC(O)(Cc2nnn(C)n2)C1. The maximum atomic E-state index is 10.7. The third-order valence-corrected chi connectivity index (χ3v) is 3.47. The van der Waals surface area contributed by atoms with Crippen molar-refractivity contribution in [3.8, 4) is 0 Å². The molecule has 0 aliphatic heterocycles. The topological polar surface area (TPSA) is 63.8 Å². The first-order chi connectivity index (χ1) is 7.78. The molecule has 2 unspecified atom stereocenters. The van der Waals surface area contributed by atoms with Gasteiger partial charge in [0.25, 0.3) is 0 Å². The van der Waals surface area contributed by atoms with Crippen LogP contribution < -0.4 is 0 Å². The van der Waals surface area contributed by atoms with Gasteiger partial charge in [-0.2, -0.15) is 4.80 Å². The Morgan fingerprint density at radius 3 is 2.65 bits per heavy atom. The molecule has 1 aromatic heterocycles. The van der Waals surface area contributed by atoms with Crippen LogP contribution in [0, 0.1) is 11.3 Å². The second kappa shape index (κ2) is 4.05. The Morgan fingerprint density at radius 2 is 2.12 bits per heavy atom. The Morgan fingerprint density at radius 1 is 1.41 bits per heavy atom. The first kappa shape index (κ1) is 12.5. The Kier molecular flexibility index (Phi) is 2.97. The molecule has 1 saturated carbocycles. The average Bonchev–Trinajstić information content (AvgIpc) is 2.44. The molecule has 0 amide bonds. The lowest BCUT2D eigenvalue weighted by atomic mass is 9.65. The van der Waals surface area contributed by atoms with Crippen molar-refractivity contribution >= 4 is 0 Å². The fourth-order valence-corrected chi connectivity index (χ4v) is 3.52. The number of aromatic nitrogens is 4. The summed E-state index contributed by atoms with van der Waals surface area (Å²) in [5.41, 5.74) is -0.487. The third kappa shape index (κ3) is 3.03. The predicted octanol–water partition coefficient (Wildman–Crippen LogP) is 1.33. The molecule has 0 aromatic carbocycles. The van der Waals surface area contributed by atoms with Crippen molar-refractivity contribution in [2.45, 2.75) is 52.1 Å². The quantitative estimate of drug-likeness (QED) is 0.844. The van der Waals surface area contributed by atoms with Crippen LogP contribution in [-0.2, 0) is 13.5 Å². The Balaban J connectivity index is 2.12. The molecule has 96 valence electrons. The van der Waals surface area contributed by atoms with Crippen molar-refractivity contribution < 1.29 is 5.11 Å². The first-order valence-corrected chi connectivity index (χ1v) is 6.23. The van der Waals surface area contributed by atoms with Crippen LogP contribution in [0.4, 0.5) is 0 Å². The normalized spacial score (nSPS) is 32.6. The summed E-state index contributed by atoms with van der Waals surface area (Å²) in [6.45, 7) is 6.64. The van der Waals surface area contributed by atoms with Gasteiger partial charge >= 0.3 is 0 Å². The minimum atomic E-state index is -0.676. The van der Waals surface area contributed by atoms with Crippen molar-refractivity contribution in [3.63, 3.8) is 0 Å². The summed E-state index contributed by atoms with van der Waals surface area (Å²) in [4.78, 5) is 1.44. The Labute approximate surface area is 102 Å². The van der Waals surface area contributed by atoms with Crippen molar-refractivity contribution in [1.29, 1.82) is 0 Å². The number of hydrogen-bond donors (Lipinski definition) is 1. The zero-order chi connectivity index (χ0) is 12.7. The van der Waals surface area contributed by atoms with Crippen molar-refractivity contribution in [2.75, 3.05) is 0 Å².